The first-order valence-corrected chi connectivity index (χ1v) is 6.50. The second-order valence-electron chi connectivity index (χ2n) is 4.53. The molecule has 7 heteroatoms. The summed E-state index contributed by atoms with van der Waals surface area (Å²) in [6.45, 7) is 0. The molecular formula is C15H13N5O2. The average molecular weight is 295 g/mol. The molecule has 0 spiro atoms. The first kappa shape index (κ1) is 13.7. The number of hydrogen-bond acceptors (Lipinski definition) is 6. The van der Waals surface area contributed by atoms with Crippen LogP contribution in [0.4, 0.5) is 5.95 Å². The average Bonchev–Trinajstić information content (AvgIpc) is 2.56. The molecule has 0 saturated carbocycles. The Kier molecular flexibility index (Phi) is 3.53. The standard InChI is InChI=1S/C15H13N5O2/c1-22-10-4-2-3-9(7-10)14-11(8-17-15(16)18-14)12-5-6-13(21)20-19-12/h2-8H,1H3,(H,20,21)(H2,16,17,18). The van der Waals surface area contributed by atoms with Gasteiger partial charge in [-0.05, 0) is 18.2 Å². The van der Waals surface area contributed by atoms with Crippen LogP contribution in [-0.4, -0.2) is 27.3 Å². The van der Waals surface area contributed by atoms with Crippen molar-refractivity contribution in [3.8, 4) is 28.3 Å². The Balaban J connectivity index is 2.19. The van der Waals surface area contributed by atoms with Gasteiger partial charge in [-0.2, -0.15) is 5.10 Å². The third-order valence-electron chi connectivity index (χ3n) is 3.11. The number of benzene rings is 1. The molecule has 0 amide bonds. The van der Waals surface area contributed by atoms with Crippen LogP contribution >= 0.6 is 0 Å². The van der Waals surface area contributed by atoms with E-state index < -0.39 is 0 Å². The van der Waals surface area contributed by atoms with Crippen molar-refractivity contribution in [3.63, 3.8) is 0 Å². The Labute approximate surface area is 125 Å². The molecule has 0 unspecified atom stereocenters. The lowest BCUT2D eigenvalue weighted by atomic mass is 10.0. The number of nitrogens with one attached hydrogen (secondary N) is 1. The van der Waals surface area contributed by atoms with Crippen LogP contribution in [0.1, 0.15) is 0 Å². The number of aromatic amines is 1. The van der Waals surface area contributed by atoms with Crippen molar-refractivity contribution in [2.75, 3.05) is 12.8 Å². The molecule has 3 rings (SSSR count). The van der Waals surface area contributed by atoms with Gasteiger partial charge in [0.15, 0.2) is 0 Å². The molecule has 7 nitrogen and oxygen atoms in total. The molecule has 22 heavy (non-hydrogen) atoms. The number of nitrogen functional groups attached to an aromatic ring is 1. The SMILES string of the molecule is COc1cccc(-c2nc(N)ncc2-c2ccc(=O)[nH]n2)c1. The van der Waals surface area contributed by atoms with Gasteiger partial charge in [0, 0.05) is 23.4 Å². The van der Waals surface area contributed by atoms with Crippen LogP contribution in [0.5, 0.6) is 5.75 Å². The summed E-state index contributed by atoms with van der Waals surface area (Å²) in [7, 11) is 1.60. The Hall–Kier alpha value is -3.22. The molecule has 0 bridgehead atoms. The molecule has 1 aromatic carbocycles. The van der Waals surface area contributed by atoms with Gasteiger partial charge in [-0.3, -0.25) is 4.79 Å². The Morgan fingerprint density at radius 2 is 2.09 bits per heavy atom. The van der Waals surface area contributed by atoms with Crippen LogP contribution in [0.2, 0.25) is 0 Å². The molecule has 0 fully saturated rings. The summed E-state index contributed by atoms with van der Waals surface area (Å²) >= 11 is 0. The van der Waals surface area contributed by atoms with E-state index in [9.17, 15) is 4.79 Å². The summed E-state index contributed by atoms with van der Waals surface area (Å²) < 4.78 is 5.23. The zero-order chi connectivity index (χ0) is 15.5. The van der Waals surface area contributed by atoms with E-state index in [0.717, 1.165) is 5.56 Å². The van der Waals surface area contributed by atoms with E-state index in [2.05, 4.69) is 20.2 Å². The number of ether oxygens (including phenoxy) is 1. The van der Waals surface area contributed by atoms with Gasteiger partial charge in [0.2, 0.25) is 5.95 Å². The summed E-state index contributed by atoms with van der Waals surface area (Å²) in [5.41, 5.74) is 8.08. The summed E-state index contributed by atoms with van der Waals surface area (Å²) in [6.07, 6.45) is 1.58. The number of nitrogens with zero attached hydrogens (tertiary/aromatic N) is 3. The molecule has 0 aliphatic carbocycles. The van der Waals surface area contributed by atoms with E-state index in [-0.39, 0.29) is 11.5 Å². The Bertz CT molecular complexity index is 855. The van der Waals surface area contributed by atoms with Crippen molar-refractivity contribution in [3.05, 3.63) is 52.9 Å². The zero-order valence-corrected chi connectivity index (χ0v) is 11.8. The fourth-order valence-electron chi connectivity index (χ4n) is 2.07. The smallest absolute Gasteiger partial charge is 0.264 e. The lowest BCUT2D eigenvalue weighted by Gasteiger charge is -2.09. The third-order valence-corrected chi connectivity index (χ3v) is 3.11. The number of anilines is 1. The fraction of sp³-hybridized carbons (Fsp3) is 0.0667. The summed E-state index contributed by atoms with van der Waals surface area (Å²) in [4.78, 5) is 19.5. The van der Waals surface area contributed by atoms with Gasteiger partial charge < -0.3 is 10.5 Å². The normalized spacial score (nSPS) is 10.4. The van der Waals surface area contributed by atoms with E-state index in [1.165, 1.54) is 6.07 Å². The van der Waals surface area contributed by atoms with Gasteiger partial charge in [-0.1, -0.05) is 12.1 Å². The van der Waals surface area contributed by atoms with Gasteiger partial charge in [0.05, 0.1) is 18.5 Å². The third kappa shape index (κ3) is 2.64. The molecule has 3 N–H and O–H groups in total. The van der Waals surface area contributed by atoms with Crippen molar-refractivity contribution < 1.29 is 4.74 Å². The quantitative estimate of drug-likeness (QED) is 0.758. The minimum Gasteiger partial charge on any atom is -0.497 e. The Morgan fingerprint density at radius 1 is 1.23 bits per heavy atom. The van der Waals surface area contributed by atoms with Gasteiger partial charge in [-0.25, -0.2) is 15.1 Å². The number of rotatable bonds is 3. The molecule has 2 heterocycles. The molecule has 0 aliphatic rings. The van der Waals surface area contributed by atoms with Gasteiger partial charge in [-0.15, -0.1) is 0 Å². The van der Waals surface area contributed by atoms with E-state index in [1.54, 1.807) is 19.4 Å². The monoisotopic (exact) mass is 295 g/mol. The van der Waals surface area contributed by atoms with Crippen molar-refractivity contribution in [2.45, 2.75) is 0 Å². The van der Waals surface area contributed by atoms with Gasteiger partial charge in [0.1, 0.15) is 5.75 Å². The lowest BCUT2D eigenvalue weighted by molar-refractivity contribution is 0.415. The van der Waals surface area contributed by atoms with Crippen LogP contribution in [0.15, 0.2) is 47.4 Å². The topological polar surface area (TPSA) is 107 Å². The fourth-order valence-corrected chi connectivity index (χ4v) is 2.07. The number of H-pyrrole nitrogens is 1. The van der Waals surface area contributed by atoms with Crippen molar-refractivity contribution >= 4 is 5.95 Å². The number of aromatic nitrogens is 4. The first-order chi connectivity index (χ1) is 10.7. The zero-order valence-electron chi connectivity index (χ0n) is 11.8. The van der Waals surface area contributed by atoms with Crippen LogP contribution in [0.25, 0.3) is 22.5 Å². The molecule has 110 valence electrons. The van der Waals surface area contributed by atoms with Crippen molar-refractivity contribution in [1.29, 1.82) is 0 Å². The van der Waals surface area contributed by atoms with Crippen molar-refractivity contribution in [2.24, 2.45) is 0 Å². The predicted octanol–water partition coefficient (Wildman–Crippen LogP) is 1.48. The molecule has 3 aromatic rings. The minimum absolute atomic E-state index is 0.158. The lowest BCUT2D eigenvalue weighted by Crippen LogP contribution is -2.07. The highest BCUT2D eigenvalue weighted by Crippen LogP contribution is 2.30. The highest BCUT2D eigenvalue weighted by Gasteiger charge is 2.12. The van der Waals surface area contributed by atoms with Crippen molar-refractivity contribution in [1.82, 2.24) is 20.2 Å². The highest BCUT2D eigenvalue weighted by atomic mass is 16.5. The van der Waals surface area contributed by atoms with Crippen LogP contribution in [0.3, 0.4) is 0 Å². The van der Waals surface area contributed by atoms with Gasteiger partial charge >= 0.3 is 0 Å². The molecule has 0 aliphatic heterocycles. The summed E-state index contributed by atoms with van der Waals surface area (Å²) in [5, 5.41) is 6.41. The van der Waals surface area contributed by atoms with Crippen LogP contribution in [-0.2, 0) is 0 Å². The molecule has 0 atom stereocenters. The van der Waals surface area contributed by atoms with E-state index in [0.29, 0.717) is 22.7 Å². The number of methoxy groups -OCH3 is 1. The van der Waals surface area contributed by atoms with Crippen LogP contribution < -0.4 is 16.0 Å². The first-order valence-electron chi connectivity index (χ1n) is 6.50. The van der Waals surface area contributed by atoms with Gasteiger partial charge in [0.25, 0.3) is 5.56 Å². The molecule has 0 radical (unpaired) electrons. The molecule has 2 aromatic heterocycles. The number of hydrogen-bond donors (Lipinski definition) is 2. The minimum atomic E-state index is -0.275. The Morgan fingerprint density at radius 3 is 2.82 bits per heavy atom. The largest absolute Gasteiger partial charge is 0.497 e. The summed E-state index contributed by atoms with van der Waals surface area (Å²) in [6, 6.07) is 10.4. The van der Waals surface area contributed by atoms with E-state index in [4.69, 9.17) is 10.5 Å². The number of nitrogens with two attached hydrogens (primary N) is 1. The maximum absolute atomic E-state index is 11.2. The second kappa shape index (κ2) is 5.65. The molecule has 0 saturated heterocycles. The van der Waals surface area contributed by atoms with E-state index in [1.807, 2.05) is 24.3 Å². The predicted molar refractivity (Wildman–Crippen MR) is 82.3 cm³/mol. The van der Waals surface area contributed by atoms with Crippen LogP contribution in [0, 0.1) is 0 Å². The maximum atomic E-state index is 11.2. The van der Waals surface area contributed by atoms with E-state index >= 15 is 0 Å². The maximum Gasteiger partial charge on any atom is 0.264 e. The second-order valence-corrected chi connectivity index (χ2v) is 4.53. The summed E-state index contributed by atoms with van der Waals surface area (Å²) in [5.74, 6) is 0.862. The molecular weight excluding hydrogens is 282 g/mol. The highest BCUT2D eigenvalue weighted by molar-refractivity contribution is 5.79.